The summed E-state index contributed by atoms with van der Waals surface area (Å²) in [5.74, 6) is 0. The van der Waals surface area contributed by atoms with E-state index in [9.17, 15) is 5.11 Å². The van der Waals surface area contributed by atoms with Gasteiger partial charge in [-0.05, 0) is 71.8 Å². The van der Waals surface area contributed by atoms with Crippen molar-refractivity contribution in [3.63, 3.8) is 0 Å². The molecule has 1 unspecified atom stereocenters. The molecule has 0 radical (unpaired) electrons. The molecule has 184 valence electrons. The quantitative estimate of drug-likeness (QED) is 0.323. The number of rotatable bonds is 10. The van der Waals surface area contributed by atoms with Crippen molar-refractivity contribution in [1.82, 2.24) is 0 Å². The van der Waals surface area contributed by atoms with E-state index in [-0.39, 0.29) is 5.41 Å². The van der Waals surface area contributed by atoms with Crippen LogP contribution in [0.5, 0.6) is 0 Å². The summed E-state index contributed by atoms with van der Waals surface area (Å²) in [7, 11) is 0. The lowest BCUT2D eigenvalue weighted by molar-refractivity contribution is 0.244. The van der Waals surface area contributed by atoms with Gasteiger partial charge in [-0.1, -0.05) is 127 Å². The van der Waals surface area contributed by atoms with E-state index < -0.39 is 6.10 Å². The third-order valence-corrected chi connectivity index (χ3v) is 5.96. The zero-order valence-corrected chi connectivity index (χ0v) is 22.7. The number of aliphatic hydroxyl groups is 1. The van der Waals surface area contributed by atoms with Gasteiger partial charge in [-0.3, -0.25) is 0 Å². The Labute approximate surface area is 209 Å². The van der Waals surface area contributed by atoms with E-state index in [0.29, 0.717) is 0 Å². The van der Waals surface area contributed by atoms with E-state index in [2.05, 4.69) is 102 Å². The second-order valence-corrected chi connectivity index (χ2v) is 10.1. The van der Waals surface area contributed by atoms with Gasteiger partial charge in [-0.15, -0.1) is 0 Å². The Morgan fingerprint density at radius 2 is 1.24 bits per heavy atom. The molecule has 0 aliphatic heterocycles. The minimum atomic E-state index is -0.414. The molecule has 0 bridgehead atoms. The summed E-state index contributed by atoms with van der Waals surface area (Å²) in [5, 5.41) is 9.27. The molecule has 1 rings (SSSR count). The lowest BCUT2D eigenvalue weighted by Gasteiger charge is -2.32. The average molecular weight is 459 g/mol. The van der Waals surface area contributed by atoms with Crippen molar-refractivity contribution >= 4 is 0 Å². The van der Waals surface area contributed by atoms with Gasteiger partial charge in [0.15, 0.2) is 0 Å². The summed E-state index contributed by atoms with van der Waals surface area (Å²) in [5.41, 5.74) is 8.09. The molecule has 1 aliphatic carbocycles. The Balaban J connectivity index is 2.63. The standard InChI is InChI=1S/C33H46O/c1-26(16-11-18-28(3)21-23-31(6)34)14-9-10-15-27(2)17-12-19-29(4)22-24-32-30(5)20-13-25-33(32,7)8/h9-12,14-19,21-24,31,34H,13,20,25H2,1-8H3. The molecule has 0 spiro atoms. The number of hydrogen-bond donors (Lipinski definition) is 1. The molecule has 0 amide bonds. The second kappa shape index (κ2) is 15.3. The second-order valence-electron chi connectivity index (χ2n) is 10.1. The van der Waals surface area contributed by atoms with Crippen LogP contribution < -0.4 is 0 Å². The van der Waals surface area contributed by atoms with Crippen molar-refractivity contribution in [1.29, 1.82) is 0 Å². The van der Waals surface area contributed by atoms with Gasteiger partial charge in [0, 0.05) is 0 Å². The van der Waals surface area contributed by atoms with Crippen LogP contribution in [0.2, 0.25) is 0 Å². The molecule has 0 saturated carbocycles. The molecule has 1 N–H and O–H groups in total. The van der Waals surface area contributed by atoms with E-state index >= 15 is 0 Å². The lowest BCUT2D eigenvalue weighted by Crippen LogP contribution is -2.19. The molecule has 0 aromatic rings. The molecule has 0 aromatic heterocycles. The zero-order valence-electron chi connectivity index (χ0n) is 22.7. The fraction of sp³-hybridized carbons (Fsp3) is 0.394. The monoisotopic (exact) mass is 458 g/mol. The first kappa shape index (κ1) is 29.4. The van der Waals surface area contributed by atoms with Gasteiger partial charge in [-0.25, -0.2) is 0 Å². The van der Waals surface area contributed by atoms with Crippen LogP contribution in [0.4, 0.5) is 0 Å². The van der Waals surface area contributed by atoms with E-state index in [0.717, 1.165) is 5.57 Å². The Hall–Kier alpha value is -2.64. The molecule has 0 aromatic carbocycles. The summed E-state index contributed by atoms with van der Waals surface area (Å²) in [4.78, 5) is 0. The highest BCUT2D eigenvalue weighted by atomic mass is 16.3. The molecular formula is C33H46O. The highest BCUT2D eigenvalue weighted by Crippen LogP contribution is 2.40. The van der Waals surface area contributed by atoms with E-state index in [1.165, 1.54) is 47.1 Å². The van der Waals surface area contributed by atoms with Gasteiger partial charge in [0.2, 0.25) is 0 Å². The van der Waals surface area contributed by atoms with E-state index in [1.807, 2.05) is 25.2 Å². The highest BCUT2D eigenvalue weighted by molar-refractivity contribution is 5.37. The largest absolute Gasteiger partial charge is 0.389 e. The van der Waals surface area contributed by atoms with E-state index in [4.69, 9.17) is 0 Å². The SMILES string of the molecule is CC(C=CC=C(C)C=CC1=C(C)CCCC1(C)C)=CC=CC=C(C)C=CC=C(C)C=CC(C)O. The van der Waals surface area contributed by atoms with Crippen LogP contribution in [-0.2, 0) is 0 Å². The number of allylic oxidation sites excluding steroid dienone is 19. The zero-order chi connectivity index (χ0) is 25.6. The first-order valence-electron chi connectivity index (χ1n) is 12.5. The van der Waals surface area contributed by atoms with Gasteiger partial charge in [0.1, 0.15) is 0 Å². The van der Waals surface area contributed by atoms with Crippen LogP contribution in [0.25, 0.3) is 0 Å². The fourth-order valence-corrected chi connectivity index (χ4v) is 3.86. The van der Waals surface area contributed by atoms with Crippen LogP contribution in [0.15, 0.2) is 119 Å². The van der Waals surface area contributed by atoms with Crippen molar-refractivity contribution in [2.24, 2.45) is 5.41 Å². The van der Waals surface area contributed by atoms with Crippen LogP contribution in [0, 0.1) is 5.41 Å². The summed E-state index contributed by atoms with van der Waals surface area (Å²) >= 11 is 0. The Morgan fingerprint density at radius 3 is 1.74 bits per heavy atom. The average Bonchev–Trinajstić information content (AvgIpc) is 2.74. The molecule has 0 heterocycles. The number of hydrogen-bond acceptors (Lipinski definition) is 1. The maximum atomic E-state index is 9.27. The maximum Gasteiger partial charge on any atom is 0.0695 e. The van der Waals surface area contributed by atoms with Gasteiger partial charge >= 0.3 is 0 Å². The van der Waals surface area contributed by atoms with Crippen molar-refractivity contribution < 1.29 is 5.11 Å². The minimum Gasteiger partial charge on any atom is -0.389 e. The van der Waals surface area contributed by atoms with Crippen LogP contribution >= 0.6 is 0 Å². The first-order chi connectivity index (χ1) is 16.0. The predicted molar refractivity (Wildman–Crippen MR) is 153 cm³/mol. The van der Waals surface area contributed by atoms with Gasteiger partial charge in [0.05, 0.1) is 6.10 Å². The Morgan fingerprint density at radius 1 is 0.765 bits per heavy atom. The Bertz CT molecular complexity index is 960. The third kappa shape index (κ3) is 12.6. The third-order valence-electron chi connectivity index (χ3n) is 5.96. The van der Waals surface area contributed by atoms with Crippen molar-refractivity contribution in [2.75, 3.05) is 0 Å². The summed E-state index contributed by atoms with van der Waals surface area (Å²) in [6, 6.07) is 0. The van der Waals surface area contributed by atoms with Gasteiger partial charge in [-0.2, -0.15) is 0 Å². The Kier molecular flexibility index (Phi) is 13.2. The van der Waals surface area contributed by atoms with Crippen LogP contribution in [0.3, 0.4) is 0 Å². The minimum absolute atomic E-state index is 0.287. The van der Waals surface area contributed by atoms with Crippen LogP contribution in [-0.4, -0.2) is 11.2 Å². The number of aliphatic hydroxyl groups excluding tert-OH is 1. The van der Waals surface area contributed by atoms with Gasteiger partial charge in [0.25, 0.3) is 0 Å². The topological polar surface area (TPSA) is 20.2 Å². The van der Waals surface area contributed by atoms with Crippen LogP contribution in [0.1, 0.15) is 74.7 Å². The van der Waals surface area contributed by atoms with E-state index in [1.54, 1.807) is 13.0 Å². The predicted octanol–water partition coefficient (Wildman–Crippen LogP) is 9.46. The molecule has 1 aliphatic rings. The maximum absolute atomic E-state index is 9.27. The molecular weight excluding hydrogens is 412 g/mol. The fourth-order valence-electron chi connectivity index (χ4n) is 3.86. The molecule has 0 saturated heterocycles. The molecule has 1 atom stereocenters. The smallest absolute Gasteiger partial charge is 0.0695 e. The molecule has 0 fully saturated rings. The summed E-state index contributed by atoms with van der Waals surface area (Å²) in [6.45, 7) is 17.1. The van der Waals surface area contributed by atoms with Crippen molar-refractivity contribution in [2.45, 2.75) is 80.8 Å². The molecule has 1 nitrogen and oxygen atoms in total. The van der Waals surface area contributed by atoms with Crippen molar-refractivity contribution in [3.8, 4) is 0 Å². The normalized spacial score (nSPS) is 20.3. The summed E-state index contributed by atoms with van der Waals surface area (Å²) in [6.07, 6.45) is 32.6. The van der Waals surface area contributed by atoms with Gasteiger partial charge < -0.3 is 5.11 Å². The van der Waals surface area contributed by atoms with Crippen molar-refractivity contribution in [3.05, 3.63) is 119 Å². The molecule has 34 heavy (non-hydrogen) atoms. The highest BCUT2D eigenvalue weighted by Gasteiger charge is 2.26. The molecule has 1 heteroatoms. The summed E-state index contributed by atoms with van der Waals surface area (Å²) < 4.78 is 0. The first-order valence-corrected chi connectivity index (χ1v) is 12.5. The lowest BCUT2D eigenvalue weighted by atomic mass is 9.72.